The number of sulfonamides is 1. The largest absolute Gasteiger partial charge is 0.356 e. The number of guanidine groups is 1. The fourth-order valence-electron chi connectivity index (χ4n) is 2.24. The van der Waals surface area contributed by atoms with Crippen LogP contribution in [-0.2, 0) is 22.3 Å². The fraction of sp³-hybridized carbons (Fsp3) is 0.588. The first-order valence-electron chi connectivity index (χ1n) is 8.30. The van der Waals surface area contributed by atoms with E-state index in [2.05, 4.69) is 34.2 Å². The zero-order valence-corrected chi connectivity index (χ0v) is 15.9. The average Bonchev–Trinajstić information content (AvgIpc) is 2.54. The Hall–Kier alpha value is -1.60. The van der Waals surface area contributed by atoms with Gasteiger partial charge in [0.25, 0.3) is 0 Å². The van der Waals surface area contributed by atoms with E-state index in [9.17, 15) is 8.42 Å². The summed E-state index contributed by atoms with van der Waals surface area (Å²) in [4.78, 5) is 4.20. The number of nitrogens with zero attached hydrogens (tertiary/aromatic N) is 1. The molecule has 0 saturated heterocycles. The highest BCUT2D eigenvalue weighted by molar-refractivity contribution is 7.88. The molecule has 0 atom stereocenters. The molecule has 7 heteroatoms. The molecule has 0 spiro atoms. The van der Waals surface area contributed by atoms with Crippen LogP contribution in [0.2, 0.25) is 0 Å². The van der Waals surface area contributed by atoms with Crippen molar-refractivity contribution in [3.63, 3.8) is 0 Å². The molecule has 3 N–H and O–H groups in total. The van der Waals surface area contributed by atoms with Gasteiger partial charge in [0.1, 0.15) is 0 Å². The van der Waals surface area contributed by atoms with Crippen molar-refractivity contribution in [1.29, 1.82) is 0 Å². The van der Waals surface area contributed by atoms with E-state index >= 15 is 0 Å². The Morgan fingerprint density at radius 2 is 1.92 bits per heavy atom. The number of hydrogen-bond acceptors (Lipinski definition) is 3. The molecule has 0 aliphatic rings. The third-order valence-corrected chi connectivity index (χ3v) is 4.93. The predicted octanol–water partition coefficient (Wildman–Crippen LogP) is 1.84. The molecule has 0 bridgehead atoms. The monoisotopic (exact) mass is 354 g/mol. The van der Waals surface area contributed by atoms with E-state index in [1.807, 2.05) is 24.3 Å². The third-order valence-electron chi connectivity index (χ3n) is 3.59. The molecule has 136 valence electrons. The first-order chi connectivity index (χ1) is 11.4. The minimum absolute atomic E-state index is 0.0144. The Balaban J connectivity index is 2.51. The zero-order valence-electron chi connectivity index (χ0n) is 15.1. The molecule has 6 nitrogen and oxygen atoms in total. The SMILES string of the molecule is CN=C(NCCCC(C)C)NCc1cccc(CS(=O)(=O)NC)c1. The van der Waals surface area contributed by atoms with E-state index in [1.54, 1.807) is 7.05 Å². The summed E-state index contributed by atoms with van der Waals surface area (Å²) in [6, 6.07) is 7.55. The summed E-state index contributed by atoms with van der Waals surface area (Å²) in [5.41, 5.74) is 1.78. The highest BCUT2D eigenvalue weighted by atomic mass is 32.2. The van der Waals surface area contributed by atoms with Crippen molar-refractivity contribution in [1.82, 2.24) is 15.4 Å². The molecule has 0 aliphatic carbocycles. The fourth-order valence-corrected chi connectivity index (χ4v) is 3.01. The smallest absolute Gasteiger partial charge is 0.215 e. The number of rotatable bonds is 9. The lowest BCUT2D eigenvalue weighted by atomic mass is 10.1. The molecule has 1 rings (SSSR count). The molecule has 0 radical (unpaired) electrons. The summed E-state index contributed by atoms with van der Waals surface area (Å²) in [6.45, 7) is 5.91. The van der Waals surface area contributed by atoms with Gasteiger partial charge in [0, 0.05) is 20.1 Å². The maximum absolute atomic E-state index is 11.6. The zero-order chi connectivity index (χ0) is 18.0. The van der Waals surface area contributed by atoms with Crippen LogP contribution in [-0.4, -0.2) is 35.0 Å². The molecule has 0 aromatic heterocycles. The van der Waals surface area contributed by atoms with Gasteiger partial charge in [0.05, 0.1) is 5.75 Å². The van der Waals surface area contributed by atoms with Gasteiger partial charge in [-0.05, 0) is 36.9 Å². The standard InChI is InChI=1S/C17H30N4O2S/c1-14(2)7-6-10-20-17(18-3)21-12-15-8-5-9-16(11-15)13-24(22,23)19-4/h5,8-9,11,14,19H,6-7,10,12-13H2,1-4H3,(H2,18,20,21). The van der Waals surface area contributed by atoms with Gasteiger partial charge in [0.15, 0.2) is 5.96 Å². The lowest BCUT2D eigenvalue weighted by molar-refractivity contribution is 0.549. The molecule has 0 saturated carbocycles. The number of hydrogen-bond donors (Lipinski definition) is 3. The van der Waals surface area contributed by atoms with Crippen LogP contribution in [0.3, 0.4) is 0 Å². The molecule has 1 aromatic rings. The van der Waals surface area contributed by atoms with E-state index in [1.165, 1.54) is 13.5 Å². The van der Waals surface area contributed by atoms with Crippen molar-refractivity contribution in [3.8, 4) is 0 Å². The molecule has 0 heterocycles. The summed E-state index contributed by atoms with van der Waals surface area (Å²) in [6.07, 6.45) is 2.29. The van der Waals surface area contributed by atoms with Crippen LogP contribution < -0.4 is 15.4 Å². The quantitative estimate of drug-likeness (QED) is 0.359. The van der Waals surface area contributed by atoms with E-state index in [-0.39, 0.29) is 5.75 Å². The molecule has 24 heavy (non-hydrogen) atoms. The lowest BCUT2D eigenvalue weighted by Crippen LogP contribution is -2.37. The highest BCUT2D eigenvalue weighted by Gasteiger charge is 2.09. The van der Waals surface area contributed by atoms with Crippen LogP contribution >= 0.6 is 0 Å². The van der Waals surface area contributed by atoms with E-state index in [0.29, 0.717) is 12.5 Å². The van der Waals surface area contributed by atoms with Gasteiger partial charge in [-0.1, -0.05) is 38.1 Å². The summed E-state index contributed by atoms with van der Waals surface area (Å²) >= 11 is 0. The number of aliphatic imine (C=N–C) groups is 1. The van der Waals surface area contributed by atoms with Gasteiger partial charge < -0.3 is 10.6 Å². The van der Waals surface area contributed by atoms with E-state index < -0.39 is 10.0 Å². The second-order valence-corrected chi connectivity index (χ2v) is 8.10. The van der Waals surface area contributed by atoms with Crippen molar-refractivity contribution in [2.75, 3.05) is 20.6 Å². The summed E-state index contributed by atoms with van der Waals surface area (Å²) < 4.78 is 25.6. The minimum atomic E-state index is -3.25. The maximum Gasteiger partial charge on any atom is 0.215 e. The van der Waals surface area contributed by atoms with Crippen LogP contribution in [0.25, 0.3) is 0 Å². The van der Waals surface area contributed by atoms with Crippen LogP contribution in [0.1, 0.15) is 37.8 Å². The van der Waals surface area contributed by atoms with Gasteiger partial charge in [-0.3, -0.25) is 4.99 Å². The van der Waals surface area contributed by atoms with Crippen molar-refractivity contribution >= 4 is 16.0 Å². The van der Waals surface area contributed by atoms with Crippen LogP contribution in [0.4, 0.5) is 0 Å². The van der Waals surface area contributed by atoms with Crippen molar-refractivity contribution < 1.29 is 8.42 Å². The third kappa shape index (κ3) is 8.31. The normalized spacial score (nSPS) is 12.5. The molecule has 1 aromatic carbocycles. The van der Waals surface area contributed by atoms with E-state index in [4.69, 9.17) is 0 Å². The Morgan fingerprint density at radius 1 is 1.21 bits per heavy atom. The highest BCUT2D eigenvalue weighted by Crippen LogP contribution is 2.08. The second-order valence-electron chi connectivity index (χ2n) is 6.17. The Labute approximate surface area is 146 Å². The Bertz CT molecular complexity index is 627. The van der Waals surface area contributed by atoms with Gasteiger partial charge in [-0.15, -0.1) is 0 Å². The van der Waals surface area contributed by atoms with Gasteiger partial charge in [-0.25, -0.2) is 13.1 Å². The predicted molar refractivity (Wildman–Crippen MR) is 100 cm³/mol. The second kappa shape index (κ2) is 10.3. The minimum Gasteiger partial charge on any atom is -0.356 e. The summed E-state index contributed by atoms with van der Waals surface area (Å²) in [5.74, 6) is 1.45. The van der Waals surface area contributed by atoms with Gasteiger partial charge >= 0.3 is 0 Å². The lowest BCUT2D eigenvalue weighted by Gasteiger charge is -2.13. The Kier molecular flexibility index (Phi) is 8.78. The molecule has 0 aliphatic heterocycles. The van der Waals surface area contributed by atoms with Crippen LogP contribution in [0, 0.1) is 5.92 Å². The van der Waals surface area contributed by atoms with Gasteiger partial charge in [-0.2, -0.15) is 0 Å². The molecular formula is C17H30N4O2S. The molecule has 0 fully saturated rings. The molecule has 0 unspecified atom stereocenters. The summed E-state index contributed by atoms with van der Waals surface area (Å²) in [5, 5.41) is 6.54. The maximum atomic E-state index is 11.6. The number of nitrogens with one attached hydrogen (secondary N) is 3. The first kappa shape index (κ1) is 20.4. The van der Waals surface area contributed by atoms with Crippen molar-refractivity contribution in [2.24, 2.45) is 10.9 Å². The topological polar surface area (TPSA) is 82.6 Å². The molecular weight excluding hydrogens is 324 g/mol. The Morgan fingerprint density at radius 3 is 2.54 bits per heavy atom. The van der Waals surface area contributed by atoms with E-state index in [0.717, 1.165) is 30.1 Å². The number of benzene rings is 1. The van der Waals surface area contributed by atoms with Crippen LogP contribution in [0.5, 0.6) is 0 Å². The van der Waals surface area contributed by atoms with Crippen molar-refractivity contribution in [2.45, 2.75) is 39.0 Å². The van der Waals surface area contributed by atoms with Gasteiger partial charge in [0.2, 0.25) is 10.0 Å². The van der Waals surface area contributed by atoms with Crippen LogP contribution in [0.15, 0.2) is 29.3 Å². The first-order valence-corrected chi connectivity index (χ1v) is 9.95. The van der Waals surface area contributed by atoms with Crippen molar-refractivity contribution in [3.05, 3.63) is 35.4 Å². The molecule has 0 amide bonds. The average molecular weight is 355 g/mol. The summed E-state index contributed by atoms with van der Waals surface area (Å²) in [7, 11) is -0.0838.